The van der Waals surface area contributed by atoms with Crippen molar-refractivity contribution in [3.8, 4) is 33.9 Å². The first kappa shape index (κ1) is 24.2. The third kappa shape index (κ3) is 3.94. The lowest BCUT2D eigenvalue weighted by Crippen LogP contribution is -2.02. The van der Waals surface area contributed by atoms with Gasteiger partial charge in [-0.25, -0.2) is 4.98 Å². The van der Waals surface area contributed by atoms with Crippen LogP contribution in [0.15, 0.2) is 116 Å². The zero-order chi connectivity index (χ0) is 27.4. The van der Waals surface area contributed by atoms with E-state index >= 15 is 0 Å². The van der Waals surface area contributed by atoms with Crippen LogP contribution in [0, 0.1) is 27.7 Å². The Morgan fingerprint density at radius 1 is 0.550 bits per heavy atom. The minimum Gasteiger partial charge on any atom is -0.309 e. The van der Waals surface area contributed by atoms with Crippen LogP contribution in [0.25, 0.3) is 55.7 Å². The van der Waals surface area contributed by atoms with E-state index in [-0.39, 0.29) is 0 Å². The summed E-state index contributed by atoms with van der Waals surface area (Å²) in [5.41, 5.74) is 13.4. The number of fused-ring (bicyclic) bond motifs is 3. The predicted octanol–water partition coefficient (Wildman–Crippen LogP) is 9.54. The number of nitrogens with zero attached hydrogens (tertiary/aromatic N) is 3. The molecule has 3 nitrogen and oxygen atoms in total. The topological polar surface area (TPSA) is 22.8 Å². The number of hydrogen-bond donors (Lipinski definition) is 0. The molecule has 7 aromatic rings. The van der Waals surface area contributed by atoms with E-state index < -0.39 is 0 Å². The number of hydrogen-bond acceptors (Lipinski definition) is 1. The maximum Gasteiger partial charge on any atom is 0.144 e. The van der Waals surface area contributed by atoms with Crippen molar-refractivity contribution in [2.45, 2.75) is 27.7 Å². The van der Waals surface area contributed by atoms with Crippen LogP contribution in [-0.4, -0.2) is 14.1 Å². The number of rotatable bonds is 4. The van der Waals surface area contributed by atoms with Gasteiger partial charge in [0, 0.05) is 34.4 Å². The Balaban J connectivity index is 1.29. The highest BCUT2D eigenvalue weighted by Gasteiger charge is 2.15. The van der Waals surface area contributed by atoms with Crippen molar-refractivity contribution in [1.82, 2.24) is 14.1 Å². The number of imidazole rings is 1. The van der Waals surface area contributed by atoms with E-state index in [9.17, 15) is 0 Å². The van der Waals surface area contributed by atoms with Gasteiger partial charge < -0.3 is 4.57 Å². The zero-order valence-electron chi connectivity index (χ0n) is 23.3. The summed E-state index contributed by atoms with van der Waals surface area (Å²) in [7, 11) is 0. The standard InChI is InChI=1S/C37H31N3/c1-24-19-25(2)21-29(20-24)30-22-26(3)36(27(4)23-30)39-18-17-38-37(39)28-13-15-31(16-14-28)40-34-11-7-5-9-32(34)33-10-6-8-12-35(33)40/h5-23H,1-4H3. The fourth-order valence-corrected chi connectivity index (χ4v) is 6.30. The average Bonchev–Trinajstić information content (AvgIpc) is 3.55. The van der Waals surface area contributed by atoms with Gasteiger partial charge in [0.25, 0.3) is 0 Å². The molecule has 0 radical (unpaired) electrons. The molecule has 7 rings (SSSR count). The van der Waals surface area contributed by atoms with Crippen molar-refractivity contribution in [2.24, 2.45) is 0 Å². The highest BCUT2D eigenvalue weighted by atomic mass is 15.1. The number of benzene rings is 5. The van der Waals surface area contributed by atoms with Gasteiger partial charge in [-0.1, -0.05) is 65.7 Å². The molecular formula is C37H31N3. The number of para-hydroxylation sites is 2. The van der Waals surface area contributed by atoms with Crippen LogP contribution in [0.2, 0.25) is 0 Å². The molecule has 2 heterocycles. The van der Waals surface area contributed by atoms with Gasteiger partial charge >= 0.3 is 0 Å². The molecule has 0 spiro atoms. The van der Waals surface area contributed by atoms with Gasteiger partial charge in [-0.05, 0) is 98.5 Å². The van der Waals surface area contributed by atoms with Gasteiger partial charge in [-0.2, -0.15) is 0 Å². The molecule has 0 atom stereocenters. The fraction of sp³-hybridized carbons (Fsp3) is 0.108. The van der Waals surface area contributed by atoms with E-state index in [1.807, 2.05) is 6.20 Å². The molecule has 0 N–H and O–H groups in total. The minimum absolute atomic E-state index is 0.944. The molecule has 2 aromatic heterocycles. The Morgan fingerprint density at radius 3 is 1.70 bits per heavy atom. The van der Waals surface area contributed by atoms with Gasteiger partial charge in [0.1, 0.15) is 5.82 Å². The Labute approximate surface area is 235 Å². The summed E-state index contributed by atoms with van der Waals surface area (Å²) >= 11 is 0. The molecule has 0 unspecified atom stereocenters. The first-order valence-electron chi connectivity index (χ1n) is 13.8. The lowest BCUT2D eigenvalue weighted by molar-refractivity contribution is 1.03. The van der Waals surface area contributed by atoms with E-state index in [2.05, 4.69) is 146 Å². The lowest BCUT2D eigenvalue weighted by Gasteiger charge is -2.17. The number of aryl methyl sites for hydroxylation is 4. The quantitative estimate of drug-likeness (QED) is 0.228. The molecule has 0 fully saturated rings. The molecule has 0 saturated heterocycles. The van der Waals surface area contributed by atoms with Crippen molar-refractivity contribution in [3.63, 3.8) is 0 Å². The van der Waals surface area contributed by atoms with Crippen LogP contribution in [0.3, 0.4) is 0 Å². The van der Waals surface area contributed by atoms with Crippen molar-refractivity contribution in [2.75, 3.05) is 0 Å². The van der Waals surface area contributed by atoms with Crippen LogP contribution in [0.4, 0.5) is 0 Å². The van der Waals surface area contributed by atoms with Gasteiger partial charge in [-0.15, -0.1) is 0 Å². The summed E-state index contributed by atoms with van der Waals surface area (Å²) in [6.45, 7) is 8.72. The molecule has 0 saturated carbocycles. The predicted molar refractivity (Wildman–Crippen MR) is 168 cm³/mol. The molecule has 0 aliphatic carbocycles. The summed E-state index contributed by atoms with van der Waals surface area (Å²) in [5, 5.41) is 2.54. The maximum atomic E-state index is 4.80. The van der Waals surface area contributed by atoms with Gasteiger partial charge in [0.15, 0.2) is 0 Å². The van der Waals surface area contributed by atoms with Crippen molar-refractivity contribution < 1.29 is 0 Å². The molecule has 0 aliphatic rings. The monoisotopic (exact) mass is 517 g/mol. The molecule has 0 aliphatic heterocycles. The van der Waals surface area contributed by atoms with Gasteiger partial charge in [0.2, 0.25) is 0 Å². The van der Waals surface area contributed by atoms with Gasteiger partial charge in [-0.3, -0.25) is 4.57 Å². The smallest absolute Gasteiger partial charge is 0.144 e. The van der Waals surface area contributed by atoms with Crippen LogP contribution in [-0.2, 0) is 0 Å². The third-order valence-corrected chi connectivity index (χ3v) is 7.89. The summed E-state index contributed by atoms with van der Waals surface area (Å²) in [5.74, 6) is 0.944. The zero-order valence-corrected chi connectivity index (χ0v) is 23.3. The van der Waals surface area contributed by atoms with E-state index in [1.165, 1.54) is 60.9 Å². The second kappa shape index (κ2) is 9.39. The average molecular weight is 518 g/mol. The van der Waals surface area contributed by atoms with E-state index in [0.717, 1.165) is 17.1 Å². The second-order valence-corrected chi connectivity index (χ2v) is 10.9. The van der Waals surface area contributed by atoms with Crippen molar-refractivity contribution in [3.05, 3.63) is 138 Å². The Bertz CT molecular complexity index is 1940. The molecule has 3 heteroatoms. The van der Waals surface area contributed by atoms with Crippen molar-refractivity contribution in [1.29, 1.82) is 0 Å². The van der Waals surface area contributed by atoms with E-state index in [4.69, 9.17) is 4.98 Å². The second-order valence-electron chi connectivity index (χ2n) is 10.9. The van der Waals surface area contributed by atoms with Gasteiger partial charge in [0.05, 0.1) is 16.7 Å². The third-order valence-electron chi connectivity index (χ3n) is 7.89. The first-order chi connectivity index (χ1) is 19.5. The highest BCUT2D eigenvalue weighted by Crippen LogP contribution is 2.34. The fourth-order valence-electron chi connectivity index (χ4n) is 6.30. The van der Waals surface area contributed by atoms with Crippen LogP contribution >= 0.6 is 0 Å². The van der Waals surface area contributed by atoms with E-state index in [0.29, 0.717) is 0 Å². The van der Waals surface area contributed by atoms with E-state index in [1.54, 1.807) is 0 Å². The Morgan fingerprint density at radius 2 is 1.10 bits per heavy atom. The molecule has 194 valence electrons. The Hall–Kier alpha value is -4.89. The Kier molecular flexibility index (Phi) is 5.67. The SMILES string of the molecule is Cc1cc(C)cc(-c2cc(C)c(-n3ccnc3-c3ccc(-n4c5ccccc5c5ccccc54)cc3)c(C)c2)c1. The highest BCUT2D eigenvalue weighted by molar-refractivity contribution is 6.09. The molecule has 40 heavy (non-hydrogen) atoms. The molecule has 5 aromatic carbocycles. The molecule has 0 bridgehead atoms. The summed E-state index contributed by atoms with van der Waals surface area (Å²) in [6, 6.07) is 37.4. The maximum absolute atomic E-state index is 4.80. The largest absolute Gasteiger partial charge is 0.309 e. The number of aromatic nitrogens is 3. The first-order valence-corrected chi connectivity index (χ1v) is 13.8. The summed E-state index contributed by atoms with van der Waals surface area (Å²) in [4.78, 5) is 4.80. The van der Waals surface area contributed by atoms with Crippen LogP contribution in [0.1, 0.15) is 22.3 Å². The summed E-state index contributed by atoms with van der Waals surface area (Å²) < 4.78 is 4.58. The summed E-state index contributed by atoms with van der Waals surface area (Å²) in [6.07, 6.45) is 3.97. The lowest BCUT2D eigenvalue weighted by atomic mass is 9.96. The van der Waals surface area contributed by atoms with Crippen molar-refractivity contribution >= 4 is 21.8 Å². The molecule has 0 amide bonds. The van der Waals surface area contributed by atoms with Crippen LogP contribution in [0.5, 0.6) is 0 Å². The van der Waals surface area contributed by atoms with Crippen LogP contribution < -0.4 is 0 Å². The molecular weight excluding hydrogens is 486 g/mol. The normalized spacial score (nSPS) is 11.5. The minimum atomic E-state index is 0.944.